The van der Waals surface area contributed by atoms with Crippen LogP contribution in [-0.2, 0) is 11.3 Å². The molecule has 7 heteroatoms. The predicted octanol–water partition coefficient (Wildman–Crippen LogP) is 3.93. The summed E-state index contributed by atoms with van der Waals surface area (Å²) in [5.41, 5.74) is 0.957. The van der Waals surface area contributed by atoms with Crippen LogP contribution in [0.15, 0.2) is 59.0 Å². The van der Waals surface area contributed by atoms with E-state index in [4.69, 9.17) is 0 Å². The van der Waals surface area contributed by atoms with Gasteiger partial charge in [0.05, 0.1) is 11.1 Å². The van der Waals surface area contributed by atoms with Gasteiger partial charge in [-0.2, -0.15) is 0 Å². The quantitative estimate of drug-likeness (QED) is 0.354. The van der Waals surface area contributed by atoms with E-state index < -0.39 is 0 Å². The lowest BCUT2D eigenvalue weighted by Gasteiger charge is -2.09. The van der Waals surface area contributed by atoms with Crippen LogP contribution in [0.3, 0.4) is 0 Å². The van der Waals surface area contributed by atoms with Crippen LogP contribution in [0.1, 0.15) is 13.3 Å². The minimum Gasteiger partial charge on any atom is -0.355 e. The van der Waals surface area contributed by atoms with Gasteiger partial charge >= 0.3 is 0 Å². The van der Waals surface area contributed by atoms with Gasteiger partial charge < -0.3 is 5.32 Å². The minimum absolute atomic E-state index is 0.0579. The molecule has 1 aromatic carbocycles. The number of carbonyl (C=O) groups is 1. The lowest BCUT2D eigenvalue weighted by atomic mass is 10.2. The monoisotopic (exact) mass is 399 g/mol. The molecule has 0 atom stereocenters. The Morgan fingerprint density at radius 2 is 2.15 bits per heavy atom. The smallest absolute Gasteiger partial charge is 0.263 e. The molecule has 3 aromatic rings. The van der Waals surface area contributed by atoms with Crippen molar-refractivity contribution in [3.63, 3.8) is 0 Å². The number of thioether (sulfide) groups is 1. The summed E-state index contributed by atoms with van der Waals surface area (Å²) in [5, 5.41) is 3.98. The van der Waals surface area contributed by atoms with Gasteiger partial charge in [-0.05, 0) is 18.1 Å². The zero-order valence-electron chi connectivity index (χ0n) is 15.1. The first kappa shape index (κ1) is 19.4. The van der Waals surface area contributed by atoms with Crippen LogP contribution in [0.4, 0.5) is 0 Å². The maximum Gasteiger partial charge on any atom is 0.263 e. The van der Waals surface area contributed by atoms with Crippen LogP contribution < -0.4 is 10.9 Å². The Kier molecular flexibility index (Phi) is 6.47. The molecule has 0 saturated heterocycles. The van der Waals surface area contributed by atoms with Crippen molar-refractivity contribution in [2.75, 3.05) is 12.3 Å². The highest BCUT2D eigenvalue weighted by Crippen LogP contribution is 2.32. The van der Waals surface area contributed by atoms with E-state index in [1.54, 1.807) is 10.6 Å². The number of hydrogen-bond donors (Lipinski definition) is 1. The van der Waals surface area contributed by atoms with Crippen molar-refractivity contribution in [2.45, 2.75) is 25.0 Å². The number of hydrogen-bond acceptors (Lipinski definition) is 5. The van der Waals surface area contributed by atoms with Crippen molar-refractivity contribution in [1.29, 1.82) is 0 Å². The number of fused-ring (bicyclic) bond motifs is 1. The van der Waals surface area contributed by atoms with Gasteiger partial charge in [-0.25, -0.2) is 4.98 Å². The van der Waals surface area contributed by atoms with Gasteiger partial charge in [-0.1, -0.05) is 55.1 Å². The fourth-order valence-corrected chi connectivity index (χ4v) is 4.50. The average molecular weight is 400 g/mol. The number of rotatable bonds is 8. The normalized spacial score (nSPS) is 10.9. The van der Waals surface area contributed by atoms with E-state index in [0.29, 0.717) is 28.5 Å². The fourth-order valence-electron chi connectivity index (χ4n) is 2.59. The number of allylic oxidation sites excluding steroid dienone is 1. The van der Waals surface area contributed by atoms with Gasteiger partial charge in [0.1, 0.15) is 4.83 Å². The number of nitrogens with one attached hydrogen (secondary N) is 1. The van der Waals surface area contributed by atoms with Crippen molar-refractivity contribution in [2.24, 2.45) is 0 Å². The number of nitrogens with zero attached hydrogens (tertiary/aromatic N) is 2. The number of benzene rings is 1. The lowest BCUT2D eigenvalue weighted by molar-refractivity contribution is -0.118. The standard InChI is InChI=1S/C20H21N3O2S2/c1-3-10-21-17(24)13-26-20-22-18-15(19(25)23(20)11-4-2)12-16(27-18)14-8-6-5-7-9-14/h4-9,12H,2-3,10-11,13H2,1H3,(H,21,24). The molecule has 0 bridgehead atoms. The highest BCUT2D eigenvalue weighted by Gasteiger charge is 2.15. The Labute approximate surface area is 166 Å². The number of thiophene rings is 1. The van der Waals surface area contributed by atoms with Crippen LogP contribution in [0.2, 0.25) is 0 Å². The van der Waals surface area contributed by atoms with E-state index in [0.717, 1.165) is 16.9 Å². The second-order valence-corrected chi connectivity index (χ2v) is 7.91. The summed E-state index contributed by atoms with van der Waals surface area (Å²) >= 11 is 2.77. The second kappa shape index (κ2) is 9.01. The van der Waals surface area contributed by atoms with Crippen molar-refractivity contribution in [3.8, 4) is 10.4 Å². The molecule has 2 aromatic heterocycles. The highest BCUT2D eigenvalue weighted by molar-refractivity contribution is 7.99. The molecule has 1 amide bonds. The minimum atomic E-state index is -0.102. The maximum absolute atomic E-state index is 13.0. The maximum atomic E-state index is 13.0. The lowest BCUT2D eigenvalue weighted by Crippen LogP contribution is -2.27. The molecular formula is C20H21N3O2S2. The third-order valence-electron chi connectivity index (χ3n) is 3.89. The molecule has 0 aliphatic carbocycles. The number of aromatic nitrogens is 2. The van der Waals surface area contributed by atoms with Crippen molar-refractivity contribution >= 4 is 39.2 Å². The summed E-state index contributed by atoms with van der Waals surface area (Å²) in [6.45, 7) is 6.75. The fraction of sp³-hybridized carbons (Fsp3) is 0.250. The summed E-state index contributed by atoms with van der Waals surface area (Å²) in [5.74, 6) is 0.170. The summed E-state index contributed by atoms with van der Waals surface area (Å²) in [6, 6.07) is 11.8. The van der Waals surface area contributed by atoms with Crippen LogP contribution in [-0.4, -0.2) is 27.8 Å². The zero-order valence-corrected chi connectivity index (χ0v) is 16.7. The summed E-state index contributed by atoms with van der Waals surface area (Å²) < 4.78 is 1.58. The van der Waals surface area contributed by atoms with E-state index in [1.165, 1.54) is 23.1 Å². The van der Waals surface area contributed by atoms with E-state index in [2.05, 4.69) is 16.9 Å². The Hall–Kier alpha value is -2.38. The van der Waals surface area contributed by atoms with Gasteiger partial charge in [0.15, 0.2) is 5.16 Å². The molecule has 5 nitrogen and oxygen atoms in total. The molecule has 0 saturated carbocycles. The van der Waals surface area contributed by atoms with Gasteiger partial charge in [-0.3, -0.25) is 14.2 Å². The Bertz CT molecular complexity index is 1010. The van der Waals surface area contributed by atoms with Gasteiger partial charge in [0.25, 0.3) is 5.56 Å². The molecule has 3 rings (SSSR count). The third kappa shape index (κ3) is 4.48. The molecule has 27 heavy (non-hydrogen) atoms. The Balaban J connectivity index is 1.97. The summed E-state index contributed by atoms with van der Waals surface area (Å²) in [6.07, 6.45) is 2.56. The average Bonchev–Trinajstić information content (AvgIpc) is 3.12. The number of amides is 1. The largest absolute Gasteiger partial charge is 0.355 e. The Morgan fingerprint density at radius 3 is 2.85 bits per heavy atom. The highest BCUT2D eigenvalue weighted by atomic mass is 32.2. The van der Waals surface area contributed by atoms with E-state index in [-0.39, 0.29) is 17.2 Å². The molecule has 0 unspecified atom stereocenters. The van der Waals surface area contributed by atoms with E-state index >= 15 is 0 Å². The predicted molar refractivity (Wildman–Crippen MR) is 114 cm³/mol. The molecule has 0 spiro atoms. The molecule has 1 N–H and O–H groups in total. The van der Waals surface area contributed by atoms with Gasteiger partial charge in [0, 0.05) is 18.0 Å². The van der Waals surface area contributed by atoms with Gasteiger partial charge in [0.2, 0.25) is 5.91 Å². The molecule has 0 fully saturated rings. The topological polar surface area (TPSA) is 64.0 Å². The van der Waals surface area contributed by atoms with E-state index in [1.807, 2.05) is 43.3 Å². The van der Waals surface area contributed by atoms with Crippen LogP contribution in [0, 0.1) is 0 Å². The van der Waals surface area contributed by atoms with Crippen LogP contribution >= 0.6 is 23.1 Å². The summed E-state index contributed by atoms with van der Waals surface area (Å²) in [7, 11) is 0. The molecule has 0 aliphatic rings. The van der Waals surface area contributed by atoms with Crippen molar-refractivity contribution < 1.29 is 4.79 Å². The summed E-state index contributed by atoms with van der Waals surface area (Å²) in [4.78, 5) is 31.2. The van der Waals surface area contributed by atoms with Crippen LogP contribution in [0.5, 0.6) is 0 Å². The molecule has 2 heterocycles. The van der Waals surface area contributed by atoms with Crippen molar-refractivity contribution in [1.82, 2.24) is 14.9 Å². The van der Waals surface area contributed by atoms with Crippen LogP contribution in [0.25, 0.3) is 20.7 Å². The SMILES string of the molecule is C=CCn1c(SCC(=O)NCCC)nc2sc(-c3ccccc3)cc2c1=O. The third-order valence-corrected chi connectivity index (χ3v) is 5.95. The molecule has 0 radical (unpaired) electrons. The molecule has 140 valence electrons. The zero-order chi connectivity index (χ0) is 19.2. The molecular weight excluding hydrogens is 378 g/mol. The van der Waals surface area contributed by atoms with E-state index in [9.17, 15) is 9.59 Å². The first-order valence-corrected chi connectivity index (χ1v) is 10.5. The first-order chi connectivity index (χ1) is 13.1. The second-order valence-electron chi connectivity index (χ2n) is 5.93. The first-order valence-electron chi connectivity index (χ1n) is 8.74. The van der Waals surface area contributed by atoms with Gasteiger partial charge in [-0.15, -0.1) is 17.9 Å². The number of carbonyl (C=O) groups excluding carboxylic acids is 1. The Morgan fingerprint density at radius 1 is 1.37 bits per heavy atom. The van der Waals surface area contributed by atoms with Crippen molar-refractivity contribution in [3.05, 3.63) is 59.4 Å². The molecule has 0 aliphatic heterocycles.